The molecule has 2 aromatic heterocycles. The van der Waals surface area contributed by atoms with Gasteiger partial charge in [-0.2, -0.15) is 0 Å². The molecule has 2 unspecified atom stereocenters. The summed E-state index contributed by atoms with van der Waals surface area (Å²) in [4.78, 5) is 14.7. The van der Waals surface area contributed by atoms with Crippen molar-refractivity contribution < 1.29 is 9.94 Å². The van der Waals surface area contributed by atoms with E-state index in [1.807, 2.05) is 67.5 Å². The first-order valence-corrected chi connectivity index (χ1v) is 10.7. The number of hydrogen-bond donors (Lipinski definition) is 2. The van der Waals surface area contributed by atoms with Crippen LogP contribution in [0.3, 0.4) is 0 Å². The molecule has 0 radical (unpaired) electrons. The lowest BCUT2D eigenvalue weighted by Crippen LogP contribution is -2.46. The molecule has 0 spiro atoms. The summed E-state index contributed by atoms with van der Waals surface area (Å²) < 4.78 is 0. The van der Waals surface area contributed by atoms with Gasteiger partial charge in [0.25, 0.3) is 0 Å². The average Bonchev–Trinajstić information content (AvgIpc) is 2.77. The minimum atomic E-state index is -0.270. The van der Waals surface area contributed by atoms with E-state index in [-0.39, 0.29) is 12.2 Å². The molecule has 4 aliphatic rings. The lowest BCUT2D eigenvalue weighted by molar-refractivity contribution is 0.00211. The molecule has 0 aromatic carbocycles. The zero-order chi connectivity index (χ0) is 20.9. The number of fused-ring (bicyclic) bond motifs is 2. The number of hydrogen-bond acceptors (Lipinski definition) is 6. The third-order valence-electron chi connectivity index (χ3n) is 5.51. The Morgan fingerprint density at radius 1 is 0.900 bits per heavy atom. The maximum absolute atomic E-state index is 9.31. The largest absolute Gasteiger partial charge is 0.389 e. The summed E-state index contributed by atoms with van der Waals surface area (Å²) in [5.41, 5.74) is 2.04. The van der Waals surface area contributed by atoms with Crippen LogP contribution < -0.4 is 10.4 Å². The van der Waals surface area contributed by atoms with Gasteiger partial charge >= 0.3 is 0 Å². The van der Waals surface area contributed by atoms with Crippen LogP contribution in [-0.4, -0.2) is 39.4 Å². The minimum Gasteiger partial charge on any atom is -0.389 e. The predicted octanol–water partition coefficient (Wildman–Crippen LogP) is 4.11. The molecule has 30 heavy (non-hydrogen) atoms. The van der Waals surface area contributed by atoms with Gasteiger partial charge < -0.3 is 10.4 Å². The smallest absolute Gasteiger partial charge is 0.153 e. The average molecular weight is 407 g/mol. The molecular weight excluding hydrogens is 376 g/mol. The lowest BCUT2D eigenvalue weighted by atomic mass is 9.98. The lowest BCUT2D eigenvalue weighted by Gasteiger charge is -2.40. The van der Waals surface area contributed by atoms with E-state index >= 15 is 0 Å². The van der Waals surface area contributed by atoms with Crippen LogP contribution in [0.4, 0.5) is 11.6 Å². The molecule has 6 nitrogen and oxygen atoms in total. The molecule has 158 valence electrons. The highest BCUT2D eigenvalue weighted by molar-refractivity contribution is 5.41. The standard InChI is InChI=1S/C12H14N2O.C12H16N2O/c1-9-3-2-4-12(13-9)14-10-5-7-11(15-14)8-6-10;1-9-3-2-4-12(13-9)14-10-5-7-11(15)8-6-10/h2-5,7,10-11H,6,8H2,1H3;2-5,7,10-11,15H,6,8H2,1H3,(H,13,14)/t;10-,11+/m.0/s1. The summed E-state index contributed by atoms with van der Waals surface area (Å²) in [6.45, 7) is 3.98. The second-order valence-electron chi connectivity index (χ2n) is 8.08. The first kappa shape index (κ1) is 20.6. The van der Waals surface area contributed by atoms with Crippen molar-refractivity contribution in [3.63, 3.8) is 0 Å². The number of pyridine rings is 2. The van der Waals surface area contributed by atoms with E-state index in [0.29, 0.717) is 12.1 Å². The van der Waals surface area contributed by atoms with Gasteiger partial charge in [-0.1, -0.05) is 36.4 Å². The highest BCUT2D eigenvalue weighted by Crippen LogP contribution is 2.30. The Morgan fingerprint density at radius 2 is 1.70 bits per heavy atom. The molecule has 6 heteroatoms. The summed E-state index contributed by atoms with van der Waals surface area (Å²) in [5.74, 6) is 1.83. The van der Waals surface area contributed by atoms with Gasteiger partial charge in [-0.25, -0.2) is 15.0 Å². The van der Waals surface area contributed by atoms with Gasteiger partial charge in [-0.15, -0.1) is 0 Å². The van der Waals surface area contributed by atoms with Gasteiger partial charge in [-0.3, -0.25) is 4.84 Å². The number of anilines is 2. The van der Waals surface area contributed by atoms with Crippen molar-refractivity contribution in [2.24, 2.45) is 0 Å². The Hall–Kier alpha value is -2.70. The molecular formula is C24H30N4O2. The summed E-state index contributed by atoms with van der Waals surface area (Å²) >= 11 is 0. The van der Waals surface area contributed by atoms with Crippen LogP contribution in [0.25, 0.3) is 0 Å². The quantitative estimate of drug-likeness (QED) is 0.748. The fourth-order valence-corrected chi connectivity index (χ4v) is 3.90. The van der Waals surface area contributed by atoms with Gasteiger partial charge in [0.05, 0.1) is 12.1 Å². The molecule has 2 bridgehead atoms. The van der Waals surface area contributed by atoms with Gasteiger partial charge in [0.1, 0.15) is 11.9 Å². The van der Waals surface area contributed by atoms with Crippen LogP contribution in [0, 0.1) is 13.8 Å². The molecule has 4 heterocycles. The first-order chi connectivity index (χ1) is 14.6. The molecule has 2 N–H and O–H groups in total. The van der Waals surface area contributed by atoms with Crippen LogP contribution in [0.15, 0.2) is 60.7 Å². The third kappa shape index (κ3) is 5.26. The second-order valence-corrected chi connectivity index (χ2v) is 8.08. The highest BCUT2D eigenvalue weighted by Gasteiger charge is 2.31. The zero-order valence-corrected chi connectivity index (χ0v) is 17.6. The first-order valence-electron chi connectivity index (χ1n) is 10.7. The van der Waals surface area contributed by atoms with Crippen molar-refractivity contribution in [3.8, 4) is 0 Å². The number of aliphatic hydroxyl groups is 1. The fourth-order valence-electron chi connectivity index (χ4n) is 3.90. The summed E-state index contributed by atoms with van der Waals surface area (Å²) in [7, 11) is 0. The highest BCUT2D eigenvalue weighted by atomic mass is 16.7. The van der Waals surface area contributed by atoms with Crippen LogP contribution in [0.1, 0.15) is 37.1 Å². The number of nitrogens with one attached hydrogen (secondary N) is 1. The topological polar surface area (TPSA) is 70.5 Å². The maximum Gasteiger partial charge on any atom is 0.153 e. The van der Waals surface area contributed by atoms with Crippen LogP contribution in [-0.2, 0) is 4.84 Å². The Balaban J connectivity index is 0.000000145. The predicted molar refractivity (Wildman–Crippen MR) is 119 cm³/mol. The van der Waals surface area contributed by atoms with Crippen LogP contribution in [0.2, 0.25) is 0 Å². The van der Waals surface area contributed by atoms with Crippen molar-refractivity contribution in [2.45, 2.75) is 63.8 Å². The minimum absolute atomic E-state index is 0.248. The van der Waals surface area contributed by atoms with E-state index in [0.717, 1.165) is 48.7 Å². The summed E-state index contributed by atoms with van der Waals surface area (Å²) in [6, 6.07) is 12.6. The van der Waals surface area contributed by atoms with Crippen LogP contribution >= 0.6 is 0 Å². The monoisotopic (exact) mass is 406 g/mol. The summed E-state index contributed by atoms with van der Waals surface area (Å²) in [6.07, 6.45) is 12.3. The Labute approximate surface area is 178 Å². The van der Waals surface area contributed by atoms with E-state index in [4.69, 9.17) is 4.84 Å². The van der Waals surface area contributed by atoms with Gasteiger partial charge in [0.2, 0.25) is 0 Å². The van der Waals surface area contributed by atoms with Crippen molar-refractivity contribution >= 4 is 11.6 Å². The van der Waals surface area contributed by atoms with E-state index in [1.165, 1.54) is 0 Å². The number of nitrogens with zero attached hydrogens (tertiary/aromatic N) is 3. The Bertz CT molecular complexity index is 912. The Kier molecular flexibility index (Phi) is 6.45. The molecule has 6 rings (SSSR count). The molecule has 0 amide bonds. The second kappa shape index (κ2) is 9.41. The van der Waals surface area contributed by atoms with Gasteiger partial charge in [0.15, 0.2) is 5.82 Å². The van der Waals surface area contributed by atoms with Crippen molar-refractivity contribution in [1.29, 1.82) is 0 Å². The molecule has 2 aromatic rings. The van der Waals surface area contributed by atoms with E-state index in [9.17, 15) is 5.11 Å². The normalized spacial score (nSPS) is 26.8. The fraction of sp³-hybridized carbons (Fsp3) is 0.417. The van der Waals surface area contributed by atoms with E-state index in [1.54, 1.807) is 0 Å². The van der Waals surface area contributed by atoms with E-state index < -0.39 is 0 Å². The summed E-state index contributed by atoms with van der Waals surface area (Å²) in [5, 5.41) is 14.6. The van der Waals surface area contributed by atoms with Gasteiger partial charge in [0, 0.05) is 17.4 Å². The zero-order valence-electron chi connectivity index (χ0n) is 17.6. The SMILES string of the molecule is Cc1cccc(N2OC3C=CC2CC3)n1.Cc1cccc(N[C@H]2C=C[C@@H](O)CC2)n1. The molecule has 2 aliphatic carbocycles. The number of hydroxylamine groups is 1. The number of rotatable bonds is 3. The molecule has 4 atom stereocenters. The van der Waals surface area contributed by atoms with Crippen molar-refractivity contribution in [2.75, 3.05) is 10.4 Å². The maximum atomic E-state index is 9.31. The Morgan fingerprint density at radius 3 is 2.30 bits per heavy atom. The van der Waals surface area contributed by atoms with Crippen molar-refractivity contribution in [3.05, 3.63) is 72.1 Å². The van der Waals surface area contributed by atoms with Crippen molar-refractivity contribution in [1.82, 2.24) is 9.97 Å². The van der Waals surface area contributed by atoms with E-state index in [2.05, 4.69) is 27.4 Å². The third-order valence-corrected chi connectivity index (χ3v) is 5.51. The molecule has 2 aliphatic heterocycles. The number of aromatic nitrogens is 2. The van der Waals surface area contributed by atoms with Gasteiger partial charge in [-0.05, 0) is 63.8 Å². The number of aliphatic hydroxyl groups excluding tert-OH is 1. The molecule has 0 saturated carbocycles. The molecule has 1 saturated heterocycles. The number of aryl methyl sites for hydroxylation is 2. The van der Waals surface area contributed by atoms with Crippen LogP contribution in [0.5, 0.6) is 0 Å². The molecule has 1 fully saturated rings.